The Morgan fingerprint density at radius 1 is 1.32 bits per heavy atom. The minimum absolute atomic E-state index is 0.328. The van der Waals surface area contributed by atoms with Gasteiger partial charge in [0.05, 0.1) is 4.47 Å². The second kappa shape index (κ2) is 5.69. The molecule has 104 valence electrons. The number of hydrogen-bond donors (Lipinski definition) is 1. The van der Waals surface area contributed by atoms with Gasteiger partial charge in [0.1, 0.15) is 0 Å². The van der Waals surface area contributed by atoms with E-state index in [1.165, 1.54) is 11.1 Å². The number of benzene rings is 1. The first-order valence-corrected chi connectivity index (χ1v) is 7.55. The molecule has 0 spiro atoms. The molecule has 0 saturated carbocycles. The number of ether oxygens (including phenoxy) is 2. The van der Waals surface area contributed by atoms with Crippen LogP contribution in [0.2, 0.25) is 0 Å². The normalized spacial score (nSPS) is 18.8. The fourth-order valence-corrected chi connectivity index (χ4v) is 3.18. The molecule has 5 heteroatoms. The number of halogens is 1. The SMILES string of the molecule is Cc1c(CCN2CCNCC2)cc2c(c1Br)OCO2. The van der Waals surface area contributed by atoms with Crippen LogP contribution in [0.4, 0.5) is 0 Å². The number of rotatable bonds is 3. The monoisotopic (exact) mass is 326 g/mol. The highest BCUT2D eigenvalue weighted by molar-refractivity contribution is 9.10. The molecule has 0 radical (unpaired) electrons. The molecule has 1 aromatic rings. The van der Waals surface area contributed by atoms with Crippen LogP contribution in [0.5, 0.6) is 11.5 Å². The van der Waals surface area contributed by atoms with Crippen LogP contribution in [0.1, 0.15) is 11.1 Å². The molecule has 19 heavy (non-hydrogen) atoms. The van der Waals surface area contributed by atoms with Gasteiger partial charge in [0.25, 0.3) is 0 Å². The third-order valence-electron chi connectivity index (χ3n) is 3.86. The van der Waals surface area contributed by atoms with Gasteiger partial charge < -0.3 is 19.7 Å². The maximum atomic E-state index is 5.49. The Kier molecular flexibility index (Phi) is 3.96. The van der Waals surface area contributed by atoms with Gasteiger partial charge in [-0.05, 0) is 46.5 Å². The van der Waals surface area contributed by atoms with E-state index in [9.17, 15) is 0 Å². The van der Waals surface area contributed by atoms with Crippen molar-refractivity contribution >= 4 is 15.9 Å². The van der Waals surface area contributed by atoms with Gasteiger partial charge >= 0.3 is 0 Å². The van der Waals surface area contributed by atoms with Gasteiger partial charge in [-0.1, -0.05) is 0 Å². The fraction of sp³-hybridized carbons (Fsp3) is 0.571. The van der Waals surface area contributed by atoms with Crippen LogP contribution in [0.25, 0.3) is 0 Å². The Hall–Kier alpha value is -0.780. The van der Waals surface area contributed by atoms with Crippen LogP contribution in [0.15, 0.2) is 10.5 Å². The van der Waals surface area contributed by atoms with Gasteiger partial charge in [-0.15, -0.1) is 0 Å². The van der Waals surface area contributed by atoms with E-state index in [-0.39, 0.29) is 0 Å². The zero-order valence-corrected chi connectivity index (χ0v) is 12.8. The summed E-state index contributed by atoms with van der Waals surface area (Å²) in [5.41, 5.74) is 2.61. The van der Waals surface area contributed by atoms with Gasteiger partial charge in [0, 0.05) is 32.7 Å². The third kappa shape index (κ3) is 2.73. The molecule has 0 atom stereocenters. The quantitative estimate of drug-likeness (QED) is 0.920. The Morgan fingerprint density at radius 2 is 2.11 bits per heavy atom. The first-order valence-electron chi connectivity index (χ1n) is 6.76. The second-order valence-electron chi connectivity index (χ2n) is 5.05. The lowest BCUT2D eigenvalue weighted by molar-refractivity contribution is 0.173. The molecular formula is C14H19BrN2O2. The number of nitrogens with one attached hydrogen (secondary N) is 1. The number of hydrogen-bond acceptors (Lipinski definition) is 4. The largest absolute Gasteiger partial charge is 0.454 e. The average Bonchev–Trinajstić information content (AvgIpc) is 2.91. The van der Waals surface area contributed by atoms with Crippen molar-refractivity contribution in [1.82, 2.24) is 10.2 Å². The van der Waals surface area contributed by atoms with Gasteiger partial charge in [-0.2, -0.15) is 0 Å². The van der Waals surface area contributed by atoms with Crippen molar-refractivity contribution < 1.29 is 9.47 Å². The number of nitrogens with zero attached hydrogens (tertiary/aromatic N) is 1. The summed E-state index contributed by atoms with van der Waals surface area (Å²) < 4.78 is 12.0. The number of fused-ring (bicyclic) bond motifs is 1. The Balaban J connectivity index is 1.72. The fourth-order valence-electron chi connectivity index (χ4n) is 2.62. The van der Waals surface area contributed by atoms with Crippen molar-refractivity contribution in [2.75, 3.05) is 39.5 Å². The van der Waals surface area contributed by atoms with Crippen LogP contribution in [0, 0.1) is 6.92 Å². The summed E-state index contributed by atoms with van der Waals surface area (Å²) in [6.07, 6.45) is 1.06. The van der Waals surface area contributed by atoms with Crippen LogP contribution >= 0.6 is 15.9 Å². The highest BCUT2D eigenvalue weighted by Gasteiger charge is 2.21. The summed E-state index contributed by atoms with van der Waals surface area (Å²) in [6, 6.07) is 2.13. The predicted molar refractivity (Wildman–Crippen MR) is 78.0 cm³/mol. The summed E-state index contributed by atoms with van der Waals surface area (Å²) in [5, 5.41) is 3.38. The minimum Gasteiger partial charge on any atom is -0.454 e. The van der Waals surface area contributed by atoms with Gasteiger partial charge in [0.2, 0.25) is 6.79 Å². The van der Waals surface area contributed by atoms with E-state index in [1.807, 2.05) is 0 Å². The van der Waals surface area contributed by atoms with Crippen LogP contribution < -0.4 is 14.8 Å². The predicted octanol–water partition coefficient (Wildman–Crippen LogP) is 1.93. The molecule has 0 amide bonds. The van der Waals surface area contributed by atoms with Crippen molar-refractivity contribution in [2.45, 2.75) is 13.3 Å². The van der Waals surface area contributed by atoms with Crippen molar-refractivity contribution in [1.29, 1.82) is 0 Å². The number of piperazine rings is 1. The van der Waals surface area contributed by atoms with Crippen LogP contribution in [-0.4, -0.2) is 44.4 Å². The maximum absolute atomic E-state index is 5.49. The summed E-state index contributed by atoms with van der Waals surface area (Å²) in [7, 11) is 0. The van der Waals surface area contributed by atoms with E-state index >= 15 is 0 Å². The molecule has 1 saturated heterocycles. The standard InChI is InChI=1S/C14H19BrN2O2/c1-10-11(2-5-17-6-3-16-4-7-17)8-12-14(13(10)15)19-9-18-12/h8,16H,2-7,9H2,1H3. The van der Waals surface area contributed by atoms with E-state index in [1.54, 1.807) is 0 Å². The summed E-state index contributed by atoms with van der Waals surface area (Å²) >= 11 is 3.62. The van der Waals surface area contributed by atoms with Crippen LogP contribution in [-0.2, 0) is 6.42 Å². The van der Waals surface area contributed by atoms with Crippen molar-refractivity contribution in [2.24, 2.45) is 0 Å². The second-order valence-corrected chi connectivity index (χ2v) is 5.84. The van der Waals surface area contributed by atoms with E-state index in [2.05, 4.69) is 39.1 Å². The zero-order chi connectivity index (χ0) is 13.2. The minimum atomic E-state index is 0.328. The molecular weight excluding hydrogens is 308 g/mol. The van der Waals surface area contributed by atoms with Crippen molar-refractivity contribution in [3.05, 3.63) is 21.7 Å². The van der Waals surface area contributed by atoms with Crippen molar-refractivity contribution in [3.8, 4) is 11.5 Å². The lowest BCUT2D eigenvalue weighted by atomic mass is 10.0. The van der Waals surface area contributed by atoms with Gasteiger partial charge in [-0.25, -0.2) is 0 Å². The molecule has 2 aliphatic heterocycles. The van der Waals surface area contributed by atoms with Crippen molar-refractivity contribution in [3.63, 3.8) is 0 Å². The first kappa shape index (κ1) is 13.2. The highest BCUT2D eigenvalue weighted by Crippen LogP contribution is 2.42. The molecule has 0 bridgehead atoms. The highest BCUT2D eigenvalue weighted by atomic mass is 79.9. The van der Waals surface area contributed by atoms with E-state index in [0.717, 1.165) is 55.1 Å². The molecule has 1 aromatic carbocycles. The topological polar surface area (TPSA) is 33.7 Å². The molecule has 1 N–H and O–H groups in total. The Morgan fingerprint density at radius 3 is 2.89 bits per heavy atom. The smallest absolute Gasteiger partial charge is 0.231 e. The molecule has 3 rings (SSSR count). The average molecular weight is 327 g/mol. The summed E-state index contributed by atoms with van der Waals surface area (Å²) in [6.45, 7) is 8.06. The Labute approximate surface area is 122 Å². The molecule has 2 heterocycles. The molecule has 1 fully saturated rings. The molecule has 4 nitrogen and oxygen atoms in total. The zero-order valence-electron chi connectivity index (χ0n) is 11.2. The van der Waals surface area contributed by atoms with E-state index < -0.39 is 0 Å². The molecule has 0 aliphatic carbocycles. The lowest BCUT2D eigenvalue weighted by Crippen LogP contribution is -2.44. The van der Waals surface area contributed by atoms with Crippen LogP contribution in [0.3, 0.4) is 0 Å². The first-order chi connectivity index (χ1) is 9.25. The molecule has 0 unspecified atom stereocenters. The summed E-state index contributed by atoms with van der Waals surface area (Å²) in [5.74, 6) is 1.72. The van der Waals surface area contributed by atoms with E-state index in [4.69, 9.17) is 9.47 Å². The maximum Gasteiger partial charge on any atom is 0.231 e. The lowest BCUT2D eigenvalue weighted by Gasteiger charge is -2.27. The summed E-state index contributed by atoms with van der Waals surface area (Å²) in [4.78, 5) is 2.51. The van der Waals surface area contributed by atoms with Gasteiger partial charge in [-0.3, -0.25) is 0 Å². The molecule has 2 aliphatic rings. The Bertz CT molecular complexity index is 473. The van der Waals surface area contributed by atoms with E-state index in [0.29, 0.717) is 6.79 Å². The molecule has 0 aromatic heterocycles. The van der Waals surface area contributed by atoms with Gasteiger partial charge in [0.15, 0.2) is 11.5 Å². The third-order valence-corrected chi connectivity index (χ3v) is 4.82.